The number of amides is 1. The maximum absolute atomic E-state index is 13.2. The summed E-state index contributed by atoms with van der Waals surface area (Å²) in [7, 11) is -0.138. The Morgan fingerprint density at radius 3 is 2.00 bits per heavy atom. The maximum Gasteiger partial charge on any atom is 0.327 e. The number of nitrogens with zero attached hydrogens (tertiary/aromatic N) is 5. The summed E-state index contributed by atoms with van der Waals surface area (Å²) < 4.78 is 32.2. The summed E-state index contributed by atoms with van der Waals surface area (Å²) in [6, 6.07) is 25.1. The zero-order valence-corrected chi connectivity index (χ0v) is 22.4. The fourth-order valence-corrected chi connectivity index (χ4v) is 4.94. The number of hydrogen-bond donors (Lipinski definition) is 1. The number of aromatic nitrogens is 3. The number of carbonyl (C=O) groups excluding carboxylic acids is 1. The van der Waals surface area contributed by atoms with Crippen molar-refractivity contribution in [2.75, 3.05) is 24.3 Å². The van der Waals surface area contributed by atoms with Crippen LogP contribution in [0.5, 0.6) is 0 Å². The first-order valence-corrected chi connectivity index (χ1v) is 13.6. The summed E-state index contributed by atoms with van der Waals surface area (Å²) in [5.74, 6) is -0.00522. The van der Waals surface area contributed by atoms with E-state index in [4.69, 9.17) is 4.98 Å². The molecule has 5 aromatic rings. The second kappa shape index (κ2) is 10.5. The maximum atomic E-state index is 13.2. The van der Waals surface area contributed by atoms with Gasteiger partial charge in [-0.2, -0.15) is 0 Å². The summed E-state index contributed by atoms with van der Waals surface area (Å²) in [4.78, 5) is 22.5. The van der Waals surface area contributed by atoms with Crippen LogP contribution < -0.4 is 14.8 Å². The normalized spacial score (nSPS) is 11.3. The number of pyridine rings is 1. The third-order valence-electron chi connectivity index (χ3n) is 6.00. The number of sulfonamides is 1. The minimum absolute atomic E-state index is 0.0287. The van der Waals surface area contributed by atoms with Crippen LogP contribution in [0.1, 0.15) is 6.92 Å². The average Bonchev–Trinajstić information content (AvgIpc) is 2.92. The Labute approximate surface area is 226 Å². The molecule has 5 rings (SSSR count). The molecular formula is C29H26N6O3S. The molecule has 0 spiro atoms. The summed E-state index contributed by atoms with van der Waals surface area (Å²) in [6.07, 6.45) is 3.61. The van der Waals surface area contributed by atoms with Crippen molar-refractivity contribution in [3.8, 4) is 16.9 Å². The molecule has 1 amide bonds. The van der Waals surface area contributed by atoms with Gasteiger partial charge in [0.1, 0.15) is 0 Å². The molecule has 0 aliphatic heterocycles. The van der Waals surface area contributed by atoms with Gasteiger partial charge in [0.15, 0.2) is 5.52 Å². The fraction of sp³-hybridized carbons (Fsp3) is 0.103. The number of nitrogens with one attached hydrogen (secondary N) is 1. The molecule has 0 aliphatic carbocycles. The van der Waals surface area contributed by atoms with Crippen molar-refractivity contribution in [2.45, 2.75) is 11.8 Å². The topological polar surface area (TPSA) is 110 Å². The van der Waals surface area contributed by atoms with Crippen LogP contribution in [-0.2, 0) is 14.8 Å². The molecule has 0 unspecified atom stereocenters. The van der Waals surface area contributed by atoms with Crippen LogP contribution in [-0.4, -0.2) is 38.4 Å². The van der Waals surface area contributed by atoms with Crippen LogP contribution in [0.3, 0.4) is 0 Å². The van der Waals surface area contributed by atoms with E-state index in [-0.39, 0.29) is 22.4 Å². The molecule has 196 valence electrons. The number of carbonyl (C=O) groups is 1. The van der Waals surface area contributed by atoms with E-state index in [1.165, 1.54) is 31.2 Å². The Morgan fingerprint density at radius 1 is 0.821 bits per heavy atom. The van der Waals surface area contributed by atoms with Crippen molar-refractivity contribution in [2.24, 2.45) is 0 Å². The first-order valence-electron chi connectivity index (χ1n) is 12.1. The van der Waals surface area contributed by atoms with Gasteiger partial charge < -0.3 is 19.9 Å². The summed E-state index contributed by atoms with van der Waals surface area (Å²) >= 11 is 0. The molecule has 2 aromatic heterocycles. The van der Waals surface area contributed by atoms with Gasteiger partial charge in [-0.3, -0.25) is 4.79 Å². The number of hydrogen-bond acceptors (Lipinski definition) is 6. The SMILES string of the molecule is CC(=O)Nc1ccc(S(=O)(=O)[N-]c2nc3ccccc3nc2-[n+]2ccc(-c3ccc(N(C)C)cc3)cc2)cc1. The van der Waals surface area contributed by atoms with Crippen LogP contribution in [0.25, 0.3) is 32.7 Å². The van der Waals surface area contributed by atoms with Gasteiger partial charge in [0, 0.05) is 43.7 Å². The van der Waals surface area contributed by atoms with Gasteiger partial charge in [0.2, 0.25) is 15.9 Å². The summed E-state index contributed by atoms with van der Waals surface area (Å²) in [5.41, 5.74) is 4.77. The zero-order valence-electron chi connectivity index (χ0n) is 21.6. The van der Waals surface area contributed by atoms with Crippen molar-refractivity contribution in [3.63, 3.8) is 0 Å². The van der Waals surface area contributed by atoms with Crippen LogP contribution in [0.15, 0.2) is 102 Å². The Hall–Kier alpha value is -4.83. The predicted molar refractivity (Wildman–Crippen MR) is 152 cm³/mol. The molecule has 0 saturated carbocycles. The lowest BCUT2D eigenvalue weighted by Crippen LogP contribution is -2.31. The van der Waals surface area contributed by atoms with Crippen LogP contribution >= 0.6 is 0 Å². The molecule has 9 nitrogen and oxygen atoms in total. The first-order chi connectivity index (χ1) is 18.7. The van der Waals surface area contributed by atoms with Crippen LogP contribution in [0, 0.1) is 0 Å². The molecule has 39 heavy (non-hydrogen) atoms. The minimum Gasteiger partial charge on any atom is -0.425 e. The Balaban J connectivity index is 1.50. The minimum atomic E-state index is -4.13. The van der Waals surface area contributed by atoms with E-state index in [1.807, 2.05) is 55.7 Å². The largest absolute Gasteiger partial charge is 0.425 e. The van der Waals surface area contributed by atoms with Gasteiger partial charge >= 0.3 is 5.82 Å². The van der Waals surface area contributed by atoms with E-state index in [1.54, 1.807) is 16.7 Å². The molecule has 10 heteroatoms. The molecule has 0 bridgehead atoms. The lowest BCUT2D eigenvalue weighted by molar-refractivity contribution is -0.598. The van der Waals surface area contributed by atoms with Crippen molar-refractivity contribution in [3.05, 3.63) is 102 Å². The van der Waals surface area contributed by atoms with Crippen LogP contribution in [0.2, 0.25) is 0 Å². The third-order valence-corrected chi connectivity index (χ3v) is 7.29. The third kappa shape index (κ3) is 5.70. The van der Waals surface area contributed by atoms with Gasteiger partial charge in [0.25, 0.3) is 0 Å². The van der Waals surface area contributed by atoms with E-state index in [2.05, 4.69) is 39.3 Å². The first kappa shape index (κ1) is 25.8. The number of rotatable bonds is 7. The van der Waals surface area contributed by atoms with E-state index in [0.717, 1.165) is 16.8 Å². The Morgan fingerprint density at radius 2 is 1.41 bits per heavy atom. The number of fused-ring (bicyclic) bond motifs is 1. The number of benzene rings is 3. The lowest BCUT2D eigenvalue weighted by Gasteiger charge is -2.17. The quantitative estimate of drug-likeness (QED) is 0.292. The molecule has 3 aromatic carbocycles. The van der Waals surface area contributed by atoms with E-state index < -0.39 is 10.0 Å². The van der Waals surface area contributed by atoms with Crippen molar-refractivity contribution in [1.82, 2.24) is 9.97 Å². The summed E-state index contributed by atoms with van der Waals surface area (Å²) in [6.45, 7) is 1.38. The highest BCUT2D eigenvalue weighted by Crippen LogP contribution is 2.31. The molecule has 2 heterocycles. The smallest absolute Gasteiger partial charge is 0.327 e. The van der Waals surface area contributed by atoms with Crippen molar-refractivity contribution < 1.29 is 17.8 Å². The Bertz CT molecular complexity index is 1750. The second-order valence-corrected chi connectivity index (χ2v) is 10.7. The highest BCUT2D eigenvalue weighted by Gasteiger charge is 2.18. The van der Waals surface area contributed by atoms with Crippen LogP contribution in [0.4, 0.5) is 17.2 Å². The number of anilines is 2. The standard InChI is InChI=1S/C29H26N6O3S/c1-20(36)30-23-10-14-25(15-11-23)39(37,38)33-28-29(32-27-7-5-4-6-26(27)31-28)35-18-16-22(17-19-35)21-8-12-24(13-9-21)34(2)3/h4-19H,1-3H3,(H-,30,31,33,36). The van der Waals surface area contributed by atoms with Gasteiger partial charge in [-0.15, -0.1) is 0 Å². The zero-order chi connectivity index (χ0) is 27.6. The second-order valence-electron chi connectivity index (χ2n) is 9.07. The van der Waals surface area contributed by atoms with E-state index in [9.17, 15) is 13.2 Å². The van der Waals surface area contributed by atoms with Gasteiger partial charge in [-0.05, 0) is 70.7 Å². The Kier molecular flexibility index (Phi) is 6.95. The molecular weight excluding hydrogens is 512 g/mol. The average molecular weight is 539 g/mol. The number of para-hydroxylation sites is 2. The highest BCUT2D eigenvalue weighted by molar-refractivity contribution is 7.94. The van der Waals surface area contributed by atoms with Crippen molar-refractivity contribution in [1.29, 1.82) is 0 Å². The van der Waals surface area contributed by atoms with Gasteiger partial charge in [-0.1, -0.05) is 30.3 Å². The molecule has 0 atom stereocenters. The fourth-order valence-electron chi connectivity index (χ4n) is 4.01. The molecule has 0 fully saturated rings. The summed E-state index contributed by atoms with van der Waals surface area (Å²) in [5, 5.41) is 2.62. The van der Waals surface area contributed by atoms with E-state index in [0.29, 0.717) is 16.7 Å². The van der Waals surface area contributed by atoms with Gasteiger partial charge in [0.05, 0.1) is 17.3 Å². The molecule has 1 N–H and O–H groups in total. The lowest BCUT2D eigenvalue weighted by atomic mass is 10.1. The van der Waals surface area contributed by atoms with Gasteiger partial charge in [-0.25, -0.2) is 13.0 Å². The molecule has 0 radical (unpaired) electrons. The molecule has 0 saturated heterocycles. The van der Waals surface area contributed by atoms with E-state index >= 15 is 0 Å². The monoisotopic (exact) mass is 538 g/mol. The highest BCUT2D eigenvalue weighted by atomic mass is 32.2. The van der Waals surface area contributed by atoms with Crippen molar-refractivity contribution >= 4 is 44.2 Å². The molecule has 0 aliphatic rings. The predicted octanol–water partition coefficient (Wildman–Crippen LogP) is 4.99.